The molecule has 18 heavy (non-hydrogen) atoms. The second-order valence-electron chi connectivity index (χ2n) is 3.92. The van der Waals surface area contributed by atoms with Crippen molar-refractivity contribution in [3.63, 3.8) is 0 Å². The molecule has 0 aliphatic carbocycles. The summed E-state index contributed by atoms with van der Waals surface area (Å²) >= 11 is 0. The molecule has 0 saturated heterocycles. The average molecular weight is 247 g/mol. The Kier molecular flexibility index (Phi) is 3.84. The van der Waals surface area contributed by atoms with Crippen molar-refractivity contribution in [2.24, 2.45) is 5.73 Å². The highest BCUT2D eigenvalue weighted by Crippen LogP contribution is 2.23. The third kappa shape index (κ3) is 3.01. The summed E-state index contributed by atoms with van der Waals surface area (Å²) in [5, 5.41) is 0. The van der Waals surface area contributed by atoms with Crippen molar-refractivity contribution < 1.29 is 9.13 Å². The third-order valence-electron chi connectivity index (χ3n) is 2.47. The van der Waals surface area contributed by atoms with E-state index in [1.54, 1.807) is 18.5 Å². The fraction of sp³-hybridized carbons (Fsp3) is 0.231. The lowest BCUT2D eigenvalue weighted by molar-refractivity contribution is 0.434. The van der Waals surface area contributed by atoms with E-state index in [-0.39, 0.29) is 11.8 Å². The van der Waals surface area contributed by atoms with Crippen LogP contribution >= 0.6 is 0 Å². The van der Waals surface area contributed by atoms with Crippen molar-refractivity contribution in [2.45, 2.75) is 13.3 Å². The molecule has 1 aromatic carbocycles. The third-order valence-corrected chi connectivity index (χ3v) is 2.47. The summed E-state index contributed by atoms with van der Waals surface area (Å²) < 4.78 is 18.5. The van der Waals surface area contributed by atoms with E-state index in [9.17, 15) is 4.39 Å². The number of hydrogen-bond donors (Lipinski definition) is 1. The van der Waals surface area contributed by atoms with E-state index < -0.39 is 0 Å². The molecule has 1 aromatic heterocycles. The second-order valence-corrected chi connectivity index (χ2v) is 3.92. The molecule has 0 fully saturated rings. The van der Waals surface area contributed by atoms with Crippen molar-refractivity contribution in [3.8, 4) is 11.8 Å². The van der Waals surface area contributed by atoms with Crippen LogP contribution in [0.4, 0.5) is 4.39 Å². The first-order chi connectivity index (χ1) is 8.69. The molecule has 0 atom stereocenters. The van der Waals surface area contributed by atoms with Crippen LogP contribution in [0, 0.1) is 12.7 Å². The predicted octanol–water partition coefficient (Wildman–Crippen LogP) is 2.22. The molecule has 94 valence electrons. The molecule has 0 unspecified atom stereocenters. The van der Waals surface area contributed by atoms with E-state index in [1.807, 2.05) is 6.92 Å². The van der Waals surface area contributed by atoms with E-state index in [1.165, 1.54) is 12.1 Å². The Bertz CT molecular complexity index is 528. The van der Waals surface area contributed by atoms with Gasteiger partial charge in [-0.3, -0.25) is 0 Å². The van der Waals surface area contributed by atoms with Gasteiger partial charge in [-0.15, -0.1) is 0 Å². The molecule has 0 radical (unpaired) electrons. The highest BCUT2D eigenvalue weighted by molar-refractivity contribution is 5.34. The molecule has 5 heteroatoms. The SMILES string of the molecule is Cc1ccc(F)cc1Oc1ncc(CCN)cn1. The molecular weight excluding hydrogens is 233 g/mol. The highest BCUT2D eigenvalue weighted by Gasteiger charge is 2.05. The fourth-order valence-corrected chi connectivity index (χ4v) is 1.47. The number of nitrogens with zero attached hydrogens (tertiary/aromatic N) is 2. The standard InChI is InChI=1S/C13H14FN3O/c1-9-2-3-11(14)6-12(9)18-13-16-7-10(4-5-15)8-17-13/h2-3,6-8H,4-5,15H2,1H3. The molecule has 0 saturated carbocycles. The number of ether oxygens (including phenoxy) is 1. The van der Waals surface area contributed by atoms with Gasteiger partial charge in [-0.05, 0) is 37.1 Å². The molecule has 0 spiro atoms. The molecule has 0 amide bonds. The molecule has 2 N–H and O–H groups in total. The lowest BCUT2D eigenvalue weighted by Gasteiger charge is -2.07. The van der Waals surface area contributed by atoms with Gasteiger partial charge in [0.25, 0.3) is 0 Å². The van der Waals surface area contributed by atoms with Crippen molar-refractivity contribution in [1.82, 2.24) is 9.97 Å². The number of rotatable bonds is 4. The van der Waals surface area contributed by atoms with Crippen LogP contribution in [0.3, 0.4) is 0 Å². The molecular formula is C13H14FN3O. The van der Waals surface area contributed by atoms with Crippen molar-refractivity contribution in [3.05, 3.63) is 47.5 Å². The lowest BCUT2D eigenvalue weighted by atomic mass is 10.2. The van der Waals surface area contributed by atoms with E-state index in [0.717, 1.165) is 17.5 Å². The van der Waals surface area contributed by atoms with Crippen LogP contribution in [0.5, 0.6) is 11.8 Å². The molecule has 2 aromatic rings. The van der Waals surface area contributed by atoms with Gasteiger partial charge < -0.3 is 10.5 Å². The fourth-order valence-electron chi connectivity index (χ4n) is 1.47. The van der Waals surface area contributed by atoms with Gasteiger partial charge in [-0.1, -0.05) is 6.07 Å². The number of aryl methyl sites for hydroxylation is 1. The van der Waals surface area contributed by atoms with Crippen LogP contribution in [-0.4, -0.2) is 16.5 Å². The van der Waals surface area contributed by atoms with E-state index in [2.05, 4.69) is 9.97 Å². The topological polar surface area (TPSA) is 61.0 Å². The molecule has 1 heterocycles. The Labute approximate surface area is 105 Å². The van der Waals surface area contributed by atoms with Gasteiger partial charge in [-0.2, -0.15) is 0 Å². The number of aromatic nitrogens is 2. The minimum Gasteiger partial charge on any atom is -0.424 e. The zero-order valence-corrected chi connectivity index (χ0v) is 10.1. The number of hydrogen-bond acceptors (Lipinski definition) is 4. The Morgan fingerprint density at radius 3 is 2.67 bits per heavy atom. The van der Waals surface area contributed by atoms with Crippen molar-refractivity contribution >= 4 is 0 Å². The van der Waals surface area contributed by atoms with Crippen LogP contribution in [0.1, 0.15) is 11.1 Å². The number of benzene rings is 1. The monoisotopic (exact) mass is 247 g/mol. The summed E-state index contributed by atoms with van der Waals surface area (Å²) in [6, 6.07) is 4.54. The lowest BCUT2D eigenvalue weighted by Crippen LogP contribution is -2.04. The normalized spacial score (nSPS) is 10.4. The summed E-state index contributed by atoms with van der Waals surface area (Å²) in [5.74, 6) is 0.0666. The first kappa shape index (κ1) is 12.4. The minimum absolute atomic E-state index is 0.199. The smallest absolute Gasteiger partial charge is 0.321 e. The second kappa shape index (κ2) is 5.55. The Morgan fingerprint density at radius 1 is 1.28 bits per heavy atom. The maximum Gasteiger partial charge on any atom is 0.321 e. The van der Waals surface area contributed by atoms with Gasteiger partial charge in [0.05, 0.1) is 0 Å². The van der Waals surface area contributed by atoms with E-state index >= 15 is 0 Å². The summed E-state index contributed by atoms with van der Waals surface area (Å²) in [5.41, 5.74) is 7.20. The van der Waals surface area contributed by atoms with E-state index in [4.69, 9.17) is 10.5 Å². The van der Waals surface area contributed by atoms with Gasteiger partial charge in [0.15, 0.2) is 0 Å². The van der Waals surface area contributed by atoms with Crippen LogP contribution in [0.15, 0.2) is 30.6 Å². The summed E-state index contributed by atoms with van der Waals surface area (Å²) in [4.78, 5) is 8.10. The van der Waals surface area contributed by atoms with Gasteiger partial charge in [-0.25, -0.2) is 14.4 Å². The maximum absolute atomic E-state index is 13.1. The van der Waals surface area contributed by atoms with Crippen LogP contribution in [-0.2, 0) is 6.42 Å². The van der Waals surface area contributed by atoms with Crippen molar-refractivity contribution in [1.29, 1.82) is 0 Å². The summed E-state index contributed by atoms with van der Waals surface area (Å²) in [6.45, 7) is 2.38. The predicted molar refractivity (Wildman–Crippen MR) is 66.0 cm³/mol. The first-order valence-corrected chi connectivity index (χ1v) is 5.64. The van der Waals surface area contributed by atoms with E-state index in [0.29, 0.717) is 12.3 Å². The summed E-state index contributed by atoms with van der Waals surface area (Å²) in [6.07, 6.45) is 4.03. The van der Waals surface area contributed by atoms with Gasteiger partial charge in [0, 0.05) is 18.5 Å². The zero-order chi connectivity index (χ0) is 13.0. The van der Waals surface area contributed by atoms with Crippen LogP contribution in [0.2, 0.25) is 0 Å². The van der Waals surface area contributed by atoms with Gasteiger partial charge >= 0.3 is 6.01 Å². The molecule has 0 bridgehead atoms. The average Bonchev–Trinajstić information content (AvgIpc) is 2.37. The Morgan fingerprint density at radius 2 is 2.00 bits per heavy atom. The van der Waals surface area contributed by atoms with Gasteiger partial charge in [0.2, 0.25) is 0 Å². The summed E-state index contributed by atoms with van der Waals surface area (Å²) in [7, 11) is 0. The quantitative estimate of drug-likeness (QED) is 0.899. The molecule has 2 rings (SSSR count). The first-order valence-electron chi connectivity index (χ1n) is 5.64. The Hall–Kier alpha value is -2.01. The maximum atomic E-state index is 13.1. The van der Waals surface area contributed by atoms with Crippen LogP contribution < -0.4 is 10.5 Å². The molecule has 0 aliphatic rings. The van der Waals surface area contributed by atoms with Crippen LogP contribution in [0.25, 0.3) is 0 Å². The molecule has 4 nitrogen and oxygen atoms in total. The van der Waals surface area contributed by atoms with Crippen molar-refractivity contribution in [2.75, 3.05) is 6.54 Å². The highest BCUT2D eigenvalue weighted by atomic mass is 19.1. The Balaban J connectivity index is 2.15. The van der Waals surface area contributed by atoms with Gasteiger partial charge in [0.1, 0.15) is 11.6 Å². The minimum atomic E-state index is -0.352. The number of halogens is 1. The zero-order valence-electron chi connectivity index (χ0n) is 10.1. The number of nitrogens with two attached hydrogens (primary N) is 1. The molecule has 0 aliphatic heterocycles. The largest absolute Gasteiger partial charge is 0.424 e.